The largest absolute Gasteiger partial charge is 0.495 e. The maximum Gasteiger partial charge on any atom is 0.338 e. The third kappa shape index (κ3) is 5.42. The van der Waals surface area contributed by atoms with E-state index < -0.39 is 11.9 Å². The number of nitrogens with one attached hydrogen (secondary N) is 1. The van der Waals surface area contributed by atoms with Crippen LogP contribution in [0.2, 0.25) is 0 Å². The number of ether oxygens (including phenoxy) is 2. The summed E-state index contributed by atoms with van der Waals surface area (Å²) >= 11 is 0. The van der Waals surface area contributed by atoms with Gasteiger partial charge in [0.25, 0.3) is 0 Å². The molecule has 164 valence electrons. The summed E-state index contributed by atoms with van der Waals surface area (Å²) < 4.78 is 10.6. The molecule has 1 aliphatic heterocycles. The predicted octanol–water partition coefficient (Wildman–Crippen LogP) is 3.81. The first-order valence-corrected chi connectivity index (χ1v) is 10.3. The van der Waals surface area contributed by atoms with Crippen LogP contribution in [-0.2, 0) is 14.3 Å². The lowest BCUT2D eigenvalue weighted by Gasteiger charge is -2.20. The van der Waals surface area contributed by atoms with E-state index in [-0.39, 0.29) is 30.7 Å². The number of nitrogens with zero attached hydrogens (tertiary/aromatic N) is 1. The third-order valence-corrected chi connectivity index (χ3v) is 5.06. The summed E-state index contributed by atoms with van der Waals surface area (Å²) in [5.74, 6) is -0.370. The van der Waals surface area contributed by atoms with Gasteiger partial charge in [0.2, 0.25) is 11.8 Å². The molecule has 2 aromatic carbocycles. The molecular weight excluding hydrogens is 396 g/mol. The van der Waals surface area contributed by atoms with Gasteiger partial charge >= 0.3 is 5.97 Å². The van der Waals surface area contributed by atoms with E-state index in [2.05, 4.69) is 5.32 Å². The fourth-order valence-electron chi connectivity index (χ4n) is 3.39. The molecule has 1 heterocycles. The molecule has 3 rings (SSSR count). The SMILES string of the molecule is COc1ccc(C)cc1N1CC(C(=O)Nc2ccc(C(=O)OCC(C)C)cc2)CC1=O. The Morgan fingerprint density at radius 3 is 2.52 bits per heavy atom. The zero-order valence-corrected chi connectivity index (χ0v) is 18.3. The minimum Gasteiger partial charge on any atom is -0.495 e. The van der Waals surface area contributed by atoms with Gasteiger partial charge in [-0.05, 0) is 54.8 Å². The van der Waals surface area contributed by atoms with E-state index in [4.69, 9.17) is 9.47 Å². The fourth-order valence-corrected chi connectivity index (χ4v) is 3.39. The molecule has 0 saturated carbocycles. The van der Waals surface area contributed by atoms with Crippen molar-refractivity contribution in [2.24, 2.45) is 11.8 Å². The number of rotatable bonds is 7. The van der Waals surface area contributed by atoms with Crippen LogP contribution in [-0.4, -0.2) is 38.0 Å². The Morgan fingerprint density at radius 2 is 1.87 bits per heavy atom. The summed E-state index contributed by atoms with van der Waals surface area (Å²) in [6, 6.07) is 12.1. The van der Waals surface area contributed by atoms with Crippen LogP contribution in [0.3, 0.4) is 0 Å². The molecule has 0 aliphatic carbocycles. The van der Waals surface area contributed by atoms with E-state index in [0.717, 1.165) is 5.56 Å². The average Bonchev–Trinajstić information content (AvgIpc) is 3.14. The highest BCUT2D eigenvalue weighted by Gasteiger charge is 2.36. The Hall–Kier alpha value is -3.35. The fraction of sp³-hybridized carbons (Fsp3) is 0.375. The van der Waals surface area contributed by atoms with Crippen LogP contribution >= 0.6 is 0 Å². The average molecular weight is 424 g/mol. The number of esters is 1. The van der Waals surface area contributed by atoms with Gasteiger partial charge in [-0.25, -0.2) is 4.79 Å². The number of carbonyl (C=O) groups is 3. The monoisotopic (exact) mass is 424 g/mol. The van der Waals surface area contributed by atoms with E-state index in [1.807, 2.05) is 39.0 Å². The third-order valence-electron chi connectivity index (χ3n) is 5.06. The van der Waals surface area contributed by atoms with Crippen molar-refractivity contribution in [3.05, 3.63) is 53.6 Å². The molecule has 31 heavy (non-hydrogen) atoms. The Kier molecular flexibility index (Phi) is 6.95. The number of hydrogen-bond donors (Lipinski definition) is 1. The highest BCUT2D eigenvalue weighted by atomic mass is 16.5. The number of hydrogen-bond acceptors (Lipinski definition) is 5. The van der Waals surface area contributed by atoms with E-state index in [0.29, 0.717) is 29.3 Å². The van der Waals surface area contributed by atoms with Gasteiger partial charge in [-0.2, -0.15) is 0 Å². The van der Waals surface area contributed by atoms with E-state index in [1.165, 1.54) is 0 Å². The highest BCUT2D eigenvalue weighted by Crippen LogP contribution is 2.34. The number of carbonyl (C=O) groups excluding carboxylic acids is 3. The smallest absolute Gasteiger partial charge is 0.338 e. The lowest BCUT2D eigenvalue weighted by molar-refractivity contribution is -0.122. The van der Waals surface area contributed by atoms with E-state index in [1.54, 1.807) is 36.3 Å². The van der Waals surface area contributed by atoms with Crippen LogP contribution in [0.5, 0.6) is 5.75 Å². The zero-order valence-electron chi connectivity index (χ0n) is 18.3. The highest BCUT2D eigenvalue weighted by molar-refractivity contribution is 6.04. The summed E-state index contributed by atoms with van der Waals surface area (Å²) in [6.07, 6.45) is 0.128. The molecular formula is C24H28N2O5. The quantitative estimate of drug-likeness (QED) is 0.683. The Labute approximate surface area is 182 Å². The first-order chi connectivity index (χ1) is 14.8. The summed E-state index contributed by atoms with van der Waals surface area (Å²) in [7, 11) is 1.56. The molecule has 1 fully saturated rings. The normalized spacial score (nSPS) is 15.8. The zero-order chi connectivity index (χ0) is 22.5. The predicted molar refractivity (Wildman–Crippen MR) is 118 cm³/mol. The van der Waals surface area contributed by atoms with E-state index >= 15 is 0 Å². The van der Waals surface area contributed by atoms with Crippen LogP contribution in [0.4, 0.5) is 11.4 Å². The molecule has 0 spiro atoms. The number of aryl methyl sites for hydroxylation is 1. The second-order valence-electron chi connectivity index (χ2n) is 8.14. The van der Waals surface area contributed by atoms with Gasteiger partial charge < -0.3 is 19.7 Å². The van der Waals surface area contributed by atoms with Crippen LogP contribution in [0.25, 0.3) is 0 Å². The number of amides is 2. The molecule has 1 atom stereocenters. The van der Waals surface area contributed by atoms with Gasteiger partial charge in [0, 0.05) is 18.7 Å². The maximum absolute atomic E-state index is 12.7. The number of benzene rings is 2. The van der Waals surface area contributed by atoms with Crippen molar-refractivity contribution in [2.45, 2.75) is 27.2 Å². The first-order valence-electron chi connectivity index (χ1n) is 10.3. The summed E-state index contributed by atoms with van der Waals surface area (Å²) in [4.78, 5) is 38.9. The van der Waals surface area contributed by atoms with Gasteiger partial charge in [0.15, 0.2) is 0 Å². The molecule has 7 nitrogen and oxygen atoms in total. The molecule has 1 N–H and O–H groups in total. The van der Waals surface area contributed by atoms with Crippen LogP contribution in [0, 0.1) is 18.8 Å². The topological polar surface area (TPSA) is 84.9 Å². The Balaban J connectivity index is 1.63. The second-order valence-corrected chi connectivity index (χ2v) is 8.14. The molecule has 1 aliphatic rings. The van der Waals surface area contributed by atoms with Gasteiger partial charge in [0.1, 0.15) is 5.75 Å². The van der Waals surface area contributed by atoms with Crippen LogP contribution < -0.4 is 15.0 Å². The van der Waals surface area contributed by atoms with Crippen molar-refractivity contribution < 1.29 is 23.9 Å². The molecule has 0 bridgehead atoms. The molecule has 0 aromatic heterocycles. The summed E-state index contributed by atoms with van der Waals surface area (Å²) in [5, 5.41) is 2.83. The Morgan fingerprint density at radius 1 is 1.16 bits per heavy atom. The second kappa shape index (κ2) is 9.64. The van der Waals surface area contributed by atoms with Crippen LogP contribution in [0.15, 0.2) is 42.5 Å². The van der Waals surface area contributed by atoms with Crippen molar-refractivity contribution in [3.8, 4) is 5.75 Å². The minimum atomic E-state index is -0.478. The number of methoxy groups -OCH3 is 1. The molecule has 7 heteroatoms. The van der Waals surface area contributed by atoms with Crippen LogP contribution in [0.1, 0.15) is 36.2 Å². The van der Waals surface area contributed by atoms with Crippen molar-refractivity contribution in [1.82, 2.24) is 0 Å². The van der Waals surface area contributed by atoms with Gasteiger partial charge in [-0.1, -0.05) is 19.9 Å². The summed E-state index contributed by atoms with van der Waals surface area (Å²) in [5.41, 5.74) is 2.66. The van der Waals surface area contributed by atoms with Crippen molar-refractivity contribution in [1.29, 1.82) is 0 Å². The van der Waals surface area contributed by atoms with Crippen molar-refractivity contribution in [3.63, 3.8) is 0 Å². The molecule has 0 radical (unpaired) electrons. The lowest BCUT2D eigenvalue weighted by atomic mass is 10.1. The molecule has 1 unspecified atom stereocenters. The Bertz CT molecular complexity index is 968. The molecule has 1 saturated heterocycles. The standard InChI is InChI=1S/C24H28N2O5/c1-15(2)14-31-24(29)17-6-8-19(9-7-17)25-23(28)18-12-22(27)26(13-18)20-11-16(3)5-10-21(20)30-4/h5-11,15,18H,12-14H2,1-4H3,(H,25,28). The van der Waals surface area contributed by atoms with Gasteiger partial charge in [-0.15, -0.1) is 0 Å². The molecule has 2 aromatic rings. The lowest BCUT2D eigenvalue weighted by Crippen LogP contribution is -2.28. The van der Waals surface area contributed by atoms with Crippen molar-refractivity contribution in [2.75, 3.05) is 30.5 Å². The van der Waals surface area contributed by atoms with Crippen molar-refractivity contribution >= 4 is 29.2 Å². The maximum atomic E-state index is 12.7. The summed E-state index contributed by atoms with van der Waals surface area (Å²) in [6.45, 7) is 6.51. The first kappa shape index (κ1) is 22.3. The minimum absolute atomic E-state index is 0.118. The molecule has 2 amide bonds. The van der Waals surface area contributed by atoms with E-state index in [9.17, 15) is 14.4 Å². The van der Waals surface area contributed by atoms with Gasteiger partial charge in [0.05, 0.1) is 30.9 Å². The van der Waals surface area contributed by atoms with Gasteiger partial charge in [-0.3, -0.25) is 9.59 Å². The number of anilines is 2.